The first-order valence-corrected chi connectivity index (χ1v) is 12.0. The fourth-order valence-corrected chi connectivity index (χ4v) is 4.31. The van der Waals surface area contributed by atoms with Gasteiger partial charge in [-0.1, -0.05) is 67.6 Å². The molecule has 5 rings (SSSR count). The van der Waals surface area contributed by atoms with E-state index in [2.05, 4.69) is 10.4 Å². The summed E-state index contributed by atoms with van der Waals surface area (Å²) in [6.07, 6.45) is -0.0757. The zero-order chi connectivity index (χ0) is 25.1. The third-order valence-corrected chi connectivity index (χ3v) is 6.11. The minimum Gasteiger partial charge on any atom is -0.477 e. The van der Waals surface area contributed by atoms with E-state index in [9.17, 15) is 14.4 Å². The smallest absolute Gasteiger partial charge is 0.279 e. The van der Waals surface area contributed by atoms with Crippen LogP contribution in [0, 0.1) is 0 Å². The summed E-state index contributed by atoms with van der Waals surface area (Å²) in [5, 5.41) is 8.25. The Hall–Kier alpha value is -4.46. The summed E-state index contributed by atoms with van der Waals surface area (Å²) in [6, 6.07) is 23.6. The number of fused-ring (bicyclic) bond motifs is 2. The number of hydrogen-bond donors (Lipinski definition) is 1. The average Bonchev–Trinajstić information content (AvgIpc) is 2.93. The highest BCUT2D eigenvalue weighted by atomic mass is 16.5. The van der Waals surface area contributed by atoms with Crippen LogP contribution in [-0.2, 0) is 11.3 Å². The molecule has 1 aromatic heterocycles. The Morgan fingerprint density at radius 3 is 2.44 bits per heavy atom. The van der Waals surface area contributed by atoms with Crippen LogP contribution in [0.2, 0.25) is 0 Å². The van der Waals surface area contributed by atoms with Gasteiger partial charge in [0.05, 0.1) is 24.2 Å². The fraction of sp³-hybridized carbons (Fsp3) is 0.214. The normalized spacial score (nSPS) is 14.7. The highest BCUT2D eigenvalue weighted by molar-refractivity contribution is 6.13. The Labute approximate surface area is 208 Å². The zero-order valence-electron chi connectivity index (χ0n) is 19.9. The maximum absolute atomic E-state index is 14.0. The van der Waals surface area contributed by atoms with Crippen molar-refractivity contribution in [1.29, 1.82) is 0 Å². The Morgan fingerprint density at radius 1 is 0.972 bits per heavy atom. The van der Waals surface area contributed by atoms with Crippen LogP contribution in [0.15, 0.2) is 83.7 Å². The molecule has 0 unspecified atom stereocenters. The lowest BCUT2D eigenvalue weighted by Gasteiger charge is -2.34. The molecule has 0 aliphatic carbocycles. The Kier molecular flexibility index (Phi) is 6.49. The molecule has 0 saturated heterocycles. The minimum absolute atomic E-state index is 0.0270. The van der Waals surface area contributed by atoms with Crippen LogP contribution < -0.4 is 20.5 Å². The van der Waals surface area contributed by atoms with Gasteiger partial charge >= 0.3 is 0 Å². The summed E-state index contributed by atoms with van der Waals surface area (Å²) < 4.78 is 7.26. The number of hydrogen-bond acceptors (Lipinski definition) is 5. The van der Waals surface area contributed by atoms with Gasteiger partial charge in [-0.3, -0.25) is 19.3 Å². The summed E-state index contributed by atoms with van der Waals surface area (Å²) in [5.41, 5.74) is 1.31. The number of nitrogens with one attached hydrogen (secondary N) is 1. The number of aromatic nitrogens is 2. The summed E-state index contributed by atoms with van der Waals surface area (Å²) in [4.78, 5) is 41.5. The molecule has 0 radical (unpaired) electrons. The monoisotopic (exact) mass is 482 g/mol. The lowest BCUT2D eigenvalue weighted by Crippen LogP contribution is -2.51. The van der Waals surface area contributed by atoms with E-state index in [0.717, 1.165) is 12.0 Å². The maximum atomic E-state index is 14.0. The lowest BCUT2D eigenvalue weighted by atomic mass is 10.1. The number of amides is 2. The SMILES string of the molecule is CCCNC(=O)[C@@H]1CN(C(=O)c2nn(Cc3ccccc3)c(=O)c3ccccc23)c2ccccc2O1. The molecule has 3 aromatic carbocycles. The fourth-order valence-electron chi connectivity index (χ4n) is 4.31. The van der Waals surface area contributed by atoms with Crippen molar-refractivity contribution in [2.75, 3.05) is 18.0 Å². The molecule has 0 fully saturated rings. The second-order valence-electron chi connectivity index (χ2n) is 8.62. The largest absolute Gasteiger partial charge is 0.477 e. The first kappa shape index (κ1) is 23.3. The van der Waals surface area contributed by atoms with Gasteiger partial charge < -0.3 is 10.1 Å². The molecule has 0 saturated carbocycles. The molecule has 2 heterocycles. The van der Waals surface area contributed by atoms with Gasteiger partial charge in [-0.05, 0) is 30.2 Å². The molecule has 0 spiro atoms. The van der Waals surface area contributed by atoms with Crippen molar-refractivity contribution in [2.45, 2.75) is 26.0 Å². The first-order valence-electron chi connectivity index (χ1n) is 12.0. The molecule has 1 N–H and O–H groups in total. The Balaban J connectivity index is 1.59. The topological polar surface area (TPSA) is 93.5 Å². The highest BCUT2D eigenvalue weighted by Crippen LogP contribution is 2.34. The molecule has 1 aliphatic rings. The predicted molar refractivity (Wildman–Crippen MR) is 137 cm³/mol. The van der Waals surface area contributed by atoms with E-state index in [1.165, 1.54) is 9.58 Å². The summed E-state index contributed by atoms with van der Waals surface area (Å²) in [5.74, 6) is -0.247. The van der Waals surface area contributed by atoms with Crippen LogP contribution in [0.25, 0.3) is 10.8 Å². The van der Waals surface area contributed by atoms with E-state index < -0.39 is 12.0 Å². The molecule has 8 heteroatoms. The van der Waals surface area contributed by atoms with Crippen molar-refractivity contribution in [3.05, 3.63) is 100 Å². The second kappa shape index (κ2) is 10.0. The lowest BCUT2D eigenvalue weighted by molar-refractivity contribution is -0.127. The quantitative estimate of drug-likeness (QED) is 0.455. The number of rotatable bonds is 6. The third-order valence-electron chi connectivity index (χ3n) is 6.11. The van der Waals surface area contributed by atoms with Gasteiger partial charge in [-0.25, -0.2) is 4.68 Å². The standard InChI is InChI=1S/C28H26N4O4/c1-2-16-29-26(33)24-18-31(22-14-8-9-15-23(22)36-24)28(35)25-20-12-6-7-13-21(20)27(34)32(30-25)17-19-10-4-3-5-11-19/h3-15,24H,2,16-18H2,1H3,(H,29,33)/t24-/m0/s1. The van der Waals surface area contributed by atoms with Crippen molar-refractivity contribution < 1.29 is 14.3 Å². The molecule has 0 bridgehead atoms. The summed E-state index contributed by atoms with van der Waals surface area (Å²) in [7, 11) is 0. The van der Waals surface area contributed by atoms with Crippen molar-refractivity contribution >= 4 is 28.3 Å². The molecule has 36 heavy (non-hydrogen) atoms. The van der Waals surface area contributed by atoms with Gasteiger partial charge in [-0.15, -0.1) is 0 Å². The van der Waals surface area contributed by atoms with E-state index in [1.807, 2.05) is 43.3 Å². The molecule has 2 amide bonds. The van der Waals surface area contributed by atoms with E-state index >= 15 is 0 Å². The van der Waals surface area contributed by atoms with Crippen molar-refractivity contribution in [1.82, 2.24) is 15.1 Å². The van der Waals surface area contributed by atoms with Crippen LogP contribution in [0.3, 0.4) is 0 Å². The van der Waals surface area contributed by atoms with Gasteiger partial charge in [-0.2, -0.15) is 5.10 Å². The number of nitrogens with zero attached hydrogens (tertiary/aromatic N) is 3. The minimum atomic E-state index is -0.864. The molecule has 1 atom stereocenters. The van der Waals surface area contributed by atoms with Gasteiger partial charge in [0, 0.05) is 11.9 Å². The van der Waals surface area contributed by atoms with Gasteiger partial charge in [0.25, 0.3) is 17.4 Å². The number of anilines is 1. The predicted octanol–water partition coefficient (Wildman–Crippen LogP) is 3.38. The summed E-state index contributed by atoms with van der Waals surface area (Å²) >= 11 is 0. The summed E-state index contributed by atoms with van der Waals surface area (Å²) in [6.45, 7) is 2.74. The highest BCUT2D eigenvalue weighted by Gasteiger charge is 2.35. The number of ether oxygens (including phenoxy) is 1. The Bertz CT molecular complexity index is 1480. The zero-order valence-corrected chi connectivity index (χ0v) is 19.9. The van der Waals surface area contributed by atoms with Crippen molar-refractivity contribution in [3.63, 3.8) is 0 Å². The second-order valence-corrected chi connectivity index (χ2v) is 8.62. The van der Waals surface area contributed by atoms with Crippen LogP contribution in [0.1, 0.15) is 29.4 Å². The third kappa shape index (κ3) is 4.45. The number of carbonyl (C=O) groups is 2. The van der Waals surface area contributed by atoms with E-state index in [1.54, 1.807) is 42.5 Å². The number of benzene rings is 3. The number of para-hydroxylation sites is 2. The van der Waals surface area contributed by atoms with Gasteiger partial charge in [0.1, 0.15) is 5.75 Å². The molecule has 4 aromatic rings. The van der Waals surface area contributed by atoms with Gasteiger partial charge in [0.15, 0.2) is 11.8 Å². The molecule has 182 valence electrons. The maximum Gasteiger partial charge on any atom is 0.279 e. The molecular weight excluding hydrogens is 456 g/mol. The van der Waals surface area contributed by atoms with E-state index in [-0.39, 0.29) is 30.2 Å². The number of carbonyl (C=O) groups excluding carboxylic acids is 2. The van der Waals surface area contributed by atoms with Crippen LogP contribution in [-0.4, -0.2) is 40.8 Å². The average molecular weight is 483 g/mol. The molecular formula is C28H26N4O4. The van der Waals surface area contributed by atoms with E-state index in [4.69, 9.17) is 4.74 Å². The van der Waals surface area contributed by atoms with Crippen molar-refractivity contribution in [2.24, 2.45) is 0 Å². The van der Waals surface area contributed by atoms with E-state index in [0.29, 0.717) is 28.8 Å². The van der Waals surface area contributed by atoms with Crippen LogP contribution in [0.4, 0.5) is 5.69 Å². The molecule has 8 nitrogen and oxygen atoms in total. The van der Waals surface area contributed by atoms with Crippen molar-refractivity contribution in [3.8, 4) is 5.75 Å². The van der Waals surface area contributed by atoms with Crippen LogP contribution in [0.5, 0.6) is 5.75 Å². The molecule has 1 aliphatic heterocycles. The Morgan fingerprint density at radius 2 is 1.67 bits per heavy atom. The first-order chi connectivity index (χ1) is 17.6. The van der Waals surface area contributed by atoms with Crippen LogP contribution >= 0.6 is 0 Å². The van der Waals surface area contributed by atoms with Gasteiger partial charge in [0.2, 0.25) is 0 Å².